The summed E-state index contributed by atoms with van der Waals surface area (Å²) in [6.07, 6.45) is 1.69. The number of methoxy groups -OCH3 is 1. The van der Waals surface area contributed by atoms with E-state index >= 15 is 0 Å². The normalized spacial score (nSPS) is 10.6. The van der Waals surface area contributed by atoms with E-state index in [9.17, 15) is 4.79 Å². The molecule has 1 N–H and O–H groups in total. The predicted molar refractivity (Wildman–Crippen MR) is 113 cm³/mol. The molecule has 0 saturated heterocycles. The van der Waals surface area contributed by atoms with Gasteiger partial charge in [0.2, 0.25) is 0 Å². The largest absolute Gasteiger partial charge is 0.495 e. The van der Waals surface area contributed by atoms with Crippen molar-refractivity contribution in [3.05, 3.63) is 89.6 Å². The van der Waals surface area contributed by atoms with Crippen molar-refractivity contribution in [1.82, 2.24) is 15.0 Å². The molecule has 7 heteroatoms. The molecule has 0 radical (unpaired) electrons. The molecule has 29 heavy (non-hydrogen) atoms. The summed E-state index contributed by atoms with van der Waals surface area (Å²) in [5, 5.41) is 11.7. The molecular formula is C22H17ClN4O2. The van der Waals surface area contributed by atoms with Gasteiger partial charge in [-0.15, -0.1) is 5.10 Å². The van der Waals surface area contributed by atoms with Gasteiger partial charge < -0.3 is 10.1 Å². The van der Waals surface area contributed by atoms with Crippen LogP contribution in [-0.4, -0.2) is 28.0 Å². The van der Waals surface area contributed by atoms with Crippen LogP contribution in [0.5, 0.6) is 5.75 Å². The molecule has 4 rings (SSSR count). The second-order valence-electron chi connectivity index (χ2n) is 6.24. The summed E-state index contributed by atoms with van der Waals surface area (Å²) in [5.74, 6) is 0.380. The monoisotopic (exact) mass is 404 g/mol. The molecule has 6 nitrogen and oxygen atoms in total. The first kappa shape index (κ1) is 18.7. The minimum Gasteiger partial charge on any atom is -0.495 e. The zero-order valence-corrected chi connectivity index (χ0v) is 16.3. The van der Waals surface area contributed by atoms with E-state index < -0.39 is 0 Å². The number of carbonyl (C=O) groups is 1. The minimum atomic E-state index is -0.224. The third kappa shape index (κ3) is 3.97. The fourth-order valence-corrected chi connectivity index (χ4v) is 3.07. The first-order chi connectivity index (χ1) is 14.2. The SMILES string of the molecule is COc1ccccc1NC(=O)c1ccc(-n2nncc2-c2ccc(Cl)cc2)cc1. The zero-order valence-electron chi connectivity index (χ0n) is 15.5. The molecular weight excluding hydrogens is 388 g/mol. The third-order valence-corrected chi connectivity index (χ3v) is 4.67. The van der Waals surface area contributed by atoms with Crippen molar-refractivity contribution in [3.63, 3.8) is 0 Å². The maximum Gasteiger partial charge on any atom is 0.255 e. The van der Waals surface area contributed by atoms with Gasteiger partial charge in [0.15, 0.2) is 0 Å². The quantitative estimate of drug-likeness (QED) is 0.516. The van der Waals surface area contributed by atoms with Crippen LogP contribution in [0.25, 0.3) is 16.9 Å². The lowest BCUT2D eigenvalue weighted by Crippen LogP contribution is -2.12. The Morgan fingerprint density at radius 3 is 2.45 bits per heavy atom. The lowest BCUT2D eigenvalue weighted by atomic mass is 10.1. The third-order valence-electron chi connectivity index (χ3n) is 4.42. The summed E-state index contributed by atoms with van der Waals surface area (Å²) in [6, 6.07) is 21.9. The van der Waals surface area contributed by atoms with Gasteiger partial charge >= 0.3 is 0 Å². The van der Waals surface area contributed by atoms with Crippen LogP contribution < -0.4 is 10.1 Å². The molecule has 1 aromatic heterocycles. The number of rotatable bonds is 5. The van der Waals surface area contributed by atoms with Crippen LogP contribution in [0.2, 0.25) is 5.02 Å². The maximum atomic E-state index is 12.6. The van der Waals surface area contributed by atoms with E-state index in [-0.39, 0.29) is 5.91 Å². The van der Waals surface area contributed by atoms with Crippen molar-refractivity contribution in [2.75, 3.05) is 12.4 Å². The summed E-state index contributed by atoms with van der Waals surface area (Å²) < 4.78 is 6.98. The molecule has 0 aliphatic carbocycles. The van der Waals surface area contributed by atoms with E-state index in [1.54, 1.807) is 42.3 Å². The van der Waals surface area contributed by atoms with Gasteiger partial charge in [-0.1, -0.05) is 41.1 Å². The van der Waals surface area contributed by atoms with E-state index in [4.69, 9.17) is 16.3 Å². The molecule has 0 aliphatic rings. The Labute approximate surface area is 172 Å². The zero-order chi connectivity index (χ0) is 20.2. The summed E-state index contributed by atoms with van der Waals surface area (Å²) >= 11 is 5.97. The highest BCUT2D eigenvalue weighted by atomic mass is 35.5. The Kier molecular flexibility index (Phi) is 5.27. The highest BCUT2D eigenvalue weighted by Crippen LogP contribution is 2.25. The molecule has 0 spiro atoms. The van der Waals surface area contributed by atoms with E-state index in [1.165, 1.54) is 0 Å². The van der Waals surface area contributed by atoms with E-state index in [2.05, 4.69) is 15.6 Å². The van der Waals surface area contributed by atoms with Gasteiger partial charge in [0, 0.05) is 16.1 Å². The Bertz CT molecular complexity index is 1140. The van der Waals surface area contributed by atoms with Crippen LogP contribution in [0.4, 0.5) is 5.69 Å². The first-order valence-electron chi connectivity index (χ1n) is 8.87. The first-order valence-corrected chi connectivity index (χ1v) is 9.25. The van der Waals surface area contributed by atoms with Crippen LogP contribution in [0.3, 0.4) is 0 Å². The van der Waals surface area contributed by atoms with Crippen LogP contribution in [-0.2, 0) is 0 Å². The Morgan fingerprint density at radius 2 is 1.72 bits per heavy atom. The van der Waals surface area contributed by atoms with Crippen molar-refractivity contribution in [2.45, 2.75) is 0 Å². The minimum absolute atomic E-state index is 0.224. The second kappa shape index (κ2) is 8.16. The molecule has 0 aliphatic heterocycles. The molecule has 144 valence electrons. The topological polar surface area (TPSA) is 69.0 Å². The number of hydrogen-bond acceptors (Lipinski definition) is 4. The van der Waals surface area contributed by atoms with Crippen LogP contribution in [0, 0.1) is 0 Å². The predicted octanol–water partition coefficient (Wildman–Crippen LogP) is 4.85. The lowest BCUT2D eigenvalue weighted by molar-refractivity contribution is 0.102. The number of nitrogens with zero attached hydrogens (tertiary/aromatic N) is 3. The molecule has 1 heterocycles. The number of aromatic nitrogens is 3. The smallest absolute Gasteiger partial charge is 0.255 e. The molecule has 0 fully saturated rings. The standard InChI is InChI=1S/C22H17ClN4O2/c1-29-21-5-3-2-4-19(21)25-22(28)16-8-12-18(13-9-16)27-20(14-24-26-27)15-6-10-17(23)11-7-15/h2-14H,1H3,(H,25,28). The van der Waals surface area contributed by atoms with Crippen LogP contribution in [0.1, 0.15) is 10.4 Å². The van der Waals surface area contributed by atoms with E-state index in [0.29, 0.717) is 22.0 Å². The van der Waals surface area contributed by atoms with Gasteiger partial charge in [0.05, 0.1) is 30.4 Å². The van der Waals surface area contributed by atoms with E-state index in [0.717, 1.165) is 16.9 Å². The van der Waals surface area contributed by atoms with Gasteiger partial charge in [0.1, 0.15) is 5.75 Å². The van der Waals surface area contributed by atoms with Crippen molar-refractivity contribution >= 4 is 23.2 Å². The molecule has 0 atom stereocenters. The number of amides is 1. The van der Waals surface area contributed by atoms with Crippen LogP contribution in [0.15, 0.2) is 79.0 Å². The van der Waals surface area contributed by atoms with Crippen molar-refractivity contribution in [1.29, 1.82) is 0 Å². The van der Waals surface area contributed by atoms with Crippen molar-refractivity contribution in [2.24, 2.45) is 0 Å². The van der Waals surface area contributed by atoms with Gasteiger partial charge in [-0.25, -0.2) is 4.68 Å². The molecule has 3 aromatic carbocycles. The average molecular weight is 405 g/mol. The Balaban J connectivity index is 1.57. The molecule has 0 unspecified atom stereocenters. The summed E-state index contributed by atoms with van der Waals surface area (Å²) in [4.78, 5) is 12.6. The lowest BCUT2D eigenvalue weighted by Gasteiger charge is -2.10. The van der Waals surface area contributed by atoms with Gasteiger partial charge in [0.25, 0.3) is 5.91 Å². The number of benzene rings is 3. The average Bonchev–Trinajstić information content (AvgIpc) is 3.24. The fourth-order valence-electron chi connectivity index (χ4n) is 2.94. The number of ether oxygens (including phenoxy) is 1. The number of para-hydroxylation sites is 2. The molecule has 4 aromatic rings. The van der Waals surface area contributed by atoms with Crippen molar-refractivity contribution in [3.8, 4) is 22.7 Å². The molecule has 0 saturated carbocycles. The summed E-state index contributed by atoms with van der Waals surface area (Å²) in [6.45, 7) is 0. The van der Waals surface area contributed by atoms with Gasteiger partial charge in [-0.2, -0.15) is 0 Å². The highest BCUT2D eigenvalue weighted by molar-refractivity contribution is 6.30. The van der Waals surface area contributed by atoms with Gasteiger partial charge in [-0.3, -0.25) is 4.79 Å². The summed E-state index contributed by atoms with van der Waals surface area (Å²) in [7, 11) is 1.57. The Morgan fingerprint density at radius 1 is 1.00 bits per heavy atom. The number of halogens is 1. The summed E-state index contributed by atoms with van der Waals surface area (Å²) in [5.41, 5.74) is 3.70. The maximum absolute atomic E-state index is 12.6. The van der Waals surface area contributed by atoms with Gasteiger partial charge in [-0.05, 0) is 48.5 Å². The second-order valence-corrected chi connectivity index (χ2v) is 6.68. The Hall–Kier alpha value is -3.64. The molecule has 1 amide bonds. The number of hydrogen-bond donors (Lipinski definition) is 1. The number of nitrogens with one attached hydrogen (secondary N) is 1. The highest BCUT2D eigenvalue weighted by Gasteiger charge is 2.12. The van der Waals surface area contributed by atoms with E-state index in [1.807, 2.05) is 48.5 Å². The van der Waals surface area contributed by atoms with Crippen LogP contribution >= 0.6 is 11.6 Å². The van der Waals surface area contributed by atoms with Crippen molar-refractivity contribution < 1.29 is 9.53 Å². The number of carbonyl (C=O) groups excluding carboxylic acids is 1. The number of anilines is 1. The fraction of sp³-hybridized carbons (Fsp3) is 0.0455. The molecule has 0 bridgehead atoms.